The Morgan fingerprint density at radius 3 is 2.39 bits per heavy atom. The molecule has 3 nitrogen and oxygen atoms in total. The molecule has 0 radical (unpaired) electrons. The van der Waals surface area contributed by atoms with E-state index >= 15 is 0 Å². The first kappa shape index (κ1) is 15.8. The Morgan fingerprint density at radius 1 is 1.09 bits per heavy atom. The van der Waals surface area contributed by atoms with Gasteiger partial charge < -0.3 is 0 Å². The van der Waals surface area contributed by atoms with Crippen LogP contribution in [0.5, 0.6) is 0 Å². The zero-order valence-corrected chi connectivity index (χ0v) is 12.5. The maximum atomic E-state index is 13.5. The van der Waals surface area contributed by atoms with Gasteiger partial charge in [-0.25, -0.2) is 5.10 Å². The summed E-state index contributed by atoms with van der Waals surface area (Å²) in [4.78, 5) is 11.8. The number of aromatic nitrogens is 2. The SMILES string of the molecule is O=c1[nH]nc(CC(c2ccccc2)C(F)(F)F)c2c1CCCC2. The lowest BCUT2D eigenvalue weighted by Crippen LogP contribution is -2.27. The number of nitrogens with one attached hydrogen (secondary N) is 1. The predicted octanol–water partition coefficient (Wildman–Crippen LogP) is 3.54. The lowest BCUT2D eigenvalue weighted by atomic mass is 9.87. The van der Waals surface area contributed by atoms with Crippen molar-refractivity contribution >= 4 is 0 Å². The summed E-state index contributed by atoms with van der Waals surface area (Å²) >= 11 is 0. The molecular weight excluding hydrogens is 305 g/mol. The van der Waals surface area contributed by atoms with Crippen molar-refractivity contribution in [1.82, 2.24) is 10.2 Å². The van der Waals surface area contributed by atoms with Crippen molar-refractivity contribution in [3.8, 4) is 0 Å². The van der Waals surface area contributed by atoms with Gasteiger partial charge in [-0.2, -0.15) is 18.3 Å². The van der Waals surface area contributed by atoms with Crippen LogP contribution in [0, 0.1) is 0 Å². The zero-order chi connectivity index (χ0) is 16.4. The van der Waals surface area contributed by atoms with E-state index in [4.69, 9.17) is 0 Å². The predicted molar refractivity (Wildman–Crippen MR) is 80.4 cm³/mol. The van der Waals surface area contributed by atoms with Crippen LogP contribution in [0.3, 0.4) is 0 Å². The molecule has 1 N–H and O–H groups in total. The number of benzene rings is 1. The summed E-state index contributed by atoms with van der Waals surface area (Å²) in [6.45, 7) is 0. The monoisotopic (exact) mass is 322 g/mol. The van der Waals surface area contributed by atoms with Gasteiger partial charge in [-0.3, -0.25) is 4.79 Å². The van der Waals surface area contributed by atoms with E-state index in [1.54, 1.807) is 18.2 Å². The average molecular weight is 322 g/mol. The fourth-order valence-electron chi connectivity index (χ4n) is 3.20. The van der Waals surface area contributed by atoms with Gasteiger partial charge in [0.2, 0.25) is 0 Å². The summed E-state index contributed by atoms with van der Waals surface area (Å²) in [5.41, 5.74) is 1.63. The Hall–Kier alpha value is -2.11. The van der Waals surface area contributed by atoms with Gasteiger partial charge in [0.15, 0.2) is 0 Å². The highest BCUT2D eigenvalue weighted by atomic mass is 19.4. The number of H-pyrrole nitrogens is 1. The summed E-state index contributed by atoms with van der Waals surface area (Å²) in [5.74, 6) is -1.62. The second-order valence-electron chi connectivity index (χ2n) is 5.87. The molecular formula is C17H17F3N2O. The number of aromatic amines is 1. The standard InChI is InChI=1S/C17H17F3N2O/c18-17(19,20)14(11-6-2-1-3-7-11)10-15-12-8-4-5-9-13(12)16(23)22-21-15/h1-3,6-7,14H,4-5,8-10H2,(H,22,23). The van der Waals surface area contributed by atoms with Gasteiger partial charge in [-0.05, 0) is 36.8 Å². The molecule has 1 aromatic heterocycles. The second kappa shape index (κ2) is 6.18. The van der Waals surface area contributed by atoms with Crippen LogP contribution in [0.4, 0.5) is 13.2 Å². The Labute approximate surface area is 131 Å². The van der Waals surface area contributed by atoms with E-state index in [0.717, 1.165) is 12.8 Å². The quantitative estimate of drug-likeness (QED) is 0.939. The summed E-state index contributed by atoms with van der Waals surface area (Å²) in [7, 11) is 0. The molecule has 122 valence electrons. The number of hydrogen-bond donors (Lipinski definition) is 1. The van der Waals surface area contributed by atoms with Gasteiger partial charge >= 0.3 is 6.18 Å². The summed E-state index contributed by atoms with van der Waals surface area (Å²) < 4.78 is 40.5. The molecule has 0 saturated carbocycles. The number of rotatable bonds is 3. The van der Waals surface area contributed by atoms with Gasteiger partial charge in [0.25, 0.3) is 5.56 Å². The molecule has 0 aliphatic heterocycles. The van der Waals surface area contributed by atoms with Crippen molar-refractivity contribution in [2.45, 2.75) is 44.2 Å². The fourth-order valence-corrected chi connectivity index (χ4v) is 3.20. The van der Waals surface area contributed by atoms with Crippen LogP contribution in [0.15, 0.2) is 35.1 Å². The van der Waals surface area contributed by atoms with Crippen molar-refractivity contribution in [2.24, 2.45) is 0 Å². The van der Waals surface area contributed by atoms with Crippen LogP contribution in [0.25, 0.3) is 0 Å². The third-order valence-electron chi connectivity index (χ3n) is 4.38. The molecule has 1 unspecified atom stereocenters. The van der Waals surface area contributed by atoms with Gasteiger partial charge in [0.1, 0.15) is 0 Å². The number of fused-ring (bicyclic) bond motifs is 1. The van der Waals surface area contributed by atoms with E-state index in [0.29, 0.717) is 29.7 Å². The van der Waals surface area contributed by atoms with Crippen LogP contribution in [-0.4, -0.2) is 16.4 Å². The van der Waals surface area contributed by atoms with Crippen molar-refractivity contribution in [3.05, 3.63) is 63.1 Å². The van der Waals surface area contributed by atoms with E-state index in [2.05, 4.69) is 10.2 Å². The molecule has 6 heteroatoms. The lowest BCUT2D eigenvalue weighted by molar-refractivity contribution is -0.150. The third kappa shape index (κ3) is 3.30. The first-order valence-electron chi connectivity index (χ1n) is 7.68. The first-order chi connectivity index (χ1) is 11.0. The van der Waals surface area contributed by atoms with E-state index < -0.39 is 12.1 Å². The maximum absolute atomic E-state index is 13.5. The molecule has 1 aliphatic carbocycles. The Bertz CT molecular complexity index is 738. The van der Waals surface area contributed by atoms with Gasteiger partial charge in [0, 0.05) is 12.0 Å². The second-order valence-corrected chi connectivity index (χ2v) is 5.87. The van der Waals surface area contributed by atoms with Crippen molar-refractivity contribution < 1.29 is 13.2 Å². The highest BCUT2D eigenvalue weighted by Crippen LogP contribution is 2.38. The molecule has 23 heavy (non-hydrogen) atoms. The van der Waals surface area contributed by atoms with E-state index in [1.165, 1.54) is 12.1 Å². The number of nitrogens with zero attached hydrogens (tertiary/aromatic N) is 1. The highest BCUT2D eigenvalue weighted by Gasteiger charge is 2.41. The molecule has 1 atom stereocenters. The third-order valence-corrected chi connectivity index (χ3v) is 4.38. The number of alkyl halides is 3. The molecule has 1 aliphatic rings. The van der Waals surface area contributed by atoms with Crippen LogP contribution < -0.4 is 5.56 Å². The minimum absolute atomic E-state index is 0.220. The van der Waals surface area contributed by atoms with E-state index in [-0.39, 0.29) is 17.5 Å². The zero-order valence-electron chi connectivity index (χ0n) is 12.5. The van der Waals surface area contributed by atoms with E-state index in [1.807, 2.05) is 0 Å². The van der Waals surface area contributed by atoms with Gasteiger partial charge in [0.05, 0.1) is 11.6 Å². The largest absolute Gasteiger partial charge is 0.396 e. The molecule has 2 aromatic rings. The Morgan fingerprint density at radius 2 is 1.74 bits per heavy atom. The van der Waals surface area contributed by atoms with Crippen molar-refractivity contribution in [3.63, 3.8) is 0 Å². The van der Waals surface area contributed by atoms with Crippen LogP contribution >= 0.6 is 0 Å². The average Bonchev–Trinajstić information content (AvgIpc) is 2.54. The van der Waals surface area contributed by atoms with E-state index in [9.17, 15) is 18.0 Å². The van der Waals surface area contributed by atoms with Gasteiger partial charge in [-0.1, -0.05) is 30.3 Å². The minimum Gasteiger partial charge on any atom is -0.268 e. The van der Waals surface area contributed by atoms with Crippen molar-refractivity contribution in [1.29, 1.82) is 0 Å². The first-order valence-corrected chi connectivity index (χ1v) is 7.68. The molecule has 0 saturated heterocycles. The van der Waals surface area contributed by atoms with Gasteiger partial charge in [-0.15, -0.1) is 0 Å². The summed E-state index contributed by atoms with van der Waals surface area (Å²) in [6, 6.07) is 7.86. The minimum atomic E-state index is -4.36. The Balaban J connectivity index is 2.00. The summed E-state index contributed by atoms with van der Waals surface area (Å²) in [5, 5.41) is 6.30. The Kier molecular flexibility index (Phi) is 4.24. The fraction of sp³-hybridized carbons (Fsp3) is 0.412. The topological polar surface area (TPSA) is 45.8 Å². The normalized spacial score (nSPS) is 16.0. The highest BCUT2D eigenvalue weighted by molar-refractivity contribution is 5.32. The molecule has 0 bridgehead atoms. The maximum Gasteiger partial charge on any atom is 0.396 e. The van der Waals surface area contributed by atoms with Crippen molar-refractivity contribution in [2.75, 3.05) is 0 Å². The molecule has 0 fully saturated rings. The number of hydrogen-bond acceptors (Lipinski definition) is 2. The molecule has 1 aromatic carbocycles. The molecule has 3 rings (SSSR count). The molecule has 1 heterocycles. The lowest BCUT2D eigenvalue weighted by Gasteiger charge is -2.23. The summed E-state index contributed by atoms with van der Waals surface area (Å²) in [6.07, 6.45) is -1.59. The molecule has 0 amide bonds. The van der Waals surface area contributed by atoms with Crippen LogP contribution in [0.1, 0.15) is 41.1 Å². The molecule has 0 spiro atoms. The van der Waals surface area contributed by atoms with Crippen LogP contribution in [-0.2, 0) is 19.3 Å². The smallest absolute Gasteiger partial charge is 0.268 e. The van der Waals surface area contributed by atoms with Crippen LogP contribution in [0.2, 0.25) is 0 Å². The number of halogens is 3.